The summed E-state index contributed by atoms with van der Waals surface area (Å²) in [5.41, 5.74) is 1.79. The van der Waals surface area contributed by atoms with E-state index in [4.69, 9.17) is 4.43 Å². The maximum Gasteiger partial charge on any atom is 0.200 e. The van der Waals surface area contributed by atoms with Crippen LogP contribution in [-0.4, -0.2) is 30.1 Å². The number of hydrogen-bond acceptors (Lipinski definition) is 2. The van der Waals surface area contributed by atoms with Crippen molar-refractivity contribution in [1.82, 2.24) is 0 Å². The van der Waals surface area contributed by atoms with Crippen LogP contribution in [0, 0.1) is 0 Å². The van der Waals surface area contributed by atoms with Gasteiger partial charge < -0.3 is 4.43 Å². The molecule has 1 atom stereocenters. The van der Waals surface area contributed by atoms with Gasteiger partial charge in [-0.1, -0.05) is 41.5 Å². The van der Waals surface area contributed by atoms with Crippen molar-refractivity contribution in [2.45, 2.75) is 90.1 Å². The van der Waals surface area contributed by atoms with Crippen LogP contribution in [0.1, 0.15) is 68.7 Å². The lowest BCUT2D eigenvalue weighted by Crippen LogP contribution is -2.48. The summed E-state index contributed by atoms with van der Waals surface area (Å²) in [7, 11) is -2.94. The summed E-state index contributed by atoms with van der Waals surface area (Å²) in [5.74, 6) is 0. The van der Waals surface area contributed by atoms with E-state index in [1.54, 1.807) is 6.21 Å². The molecule has 0 spiro atoms. The molecule has 0 aliphatic heterocycles. The number of hydrogen-bond donors (Lipinski definition) is 0. The van der Waals surface area contributed by atoms with Crippen LogP contribution in [0.2, 0.25) is 16.6 Å². The van der Waals surface area contributed by atoms with Crippen molar-refractivity contribution >= 4 is 25.5 Å². The van der Waals surface area contributed by atoms with E-state index < -0.39 is 19.3 Å². The lowest BCUT2D eigenvalue weighted by atomic mass is 10.3. The minimum absolute atomic E-state index is 0.288. The minimum Gasteiger partial charge on any atom is -0.416 e. The molecular weight excluding hydrogens is 298 g/mol. The Morgan fingerprint density at radius 1 is 1.05 bits per heavy atom. The lowest BCUT2D eigenvalue weighted by Gasteiger charge is -2.42. The predicted molar refractivity (Wildman–Crippen MR) is 98.0 cm³/mol. The van der Waals surface area contributed by atoms with Gasteiger partial charge in [0.15, 0.2) is 8.32 Å². The van der Waals surface area contributed by atoms with Crippen LogP contribution in [0.15, 0.2) is 4.40 Å². The first kappa shape index (κ1) is 21.0. The van der Waals surface area contributed by atoms with Gasteiger partial charge in [0.25, 0.3) is 0 Å². The predicted octanol–water partition coefficient (Wildman–Crippen LogP) is 5.10. The summed E-state index contributed by atoms with van der Waals surface area (Å²) in [6.45, 7) is 20.2. The summed E-state index contributed by atoms with van der Waals surface area (Å²) in [4.78, 5) is 0. The molecule has 21 heavy (non-hydrogen) atoms. The zero-order valence-electron chi connectivity index (χ0n) is 15.4. The van der Waals surface area contributed by atoms with Crippen molar-refractivity contribution in [3.05, 3.63) is 0 Å². The highest BCUT2D eigenvalue weighted by atomic mass is 32.2. The standard InChI is InChI=1S/C16H35NO2SSi/c1-13(2)21(14(3)4,15(5)6)19-12-10-11-17-20(18)16(7,8)9/h11,13-15H,10,12H2,1-9H3/b17-11-/t20-/m0/s1. The van der Waals surface area contributed by atoms with Gasteiger partial charge in [-0.3, -0.25) is 0 Å². The quantitative estimate of drug-likeness (QED) is 0.352. The van der Waals surface area contributed by atoms with Crippen molar-refractivity contribution in [3.8, 4) is 0 Å². The molecule has 0 unspecified atom stereocenters. The van der Waals surface area contributed by atoms with Crippen LogP contribution in [0.25, 0.3) is 0 Å². The molecule has 0 N–H and O–H groups in total. The zero-order valence-corrected chi connectivity index (χ0v) is 17.2. The third-order valence-electron chi connectivity index (χ3n) is 4.00. The first-order valence-electron chi connectivity index (χ1n) is 8.04. The van der Waals surface area contributed by atoms with Gasteiger partial charge >= 0.3 is 0 Å². The van der Waals surface area contributed by atoms with Crippen molar-refractivity contribution < 1.29 is 8.63 Å². The second-order valence-corrected chi connectivity index (χ2v) is 15.0. The fourth-order valence-corrected chi connectivity index (χ4v) is 9.10. The van der Waals surface area contributed by atoms with Gasteiger partial charge in [0, 0.05) is 19.2 Å². The van der Waals surface area contributed by atoms with Crippen LogP contribution in [0.3, 0.4) is 0 Å². The van der Waals surface area contributed by atoms with Crippen molar-refractivity contribution in [2.75, 3.05) is 6.61 Å². The van der Waals surface area contributed by atoms with E-state index in [-0.39, 0.29) is 4.75 Å². The first-order chi connectivity index (χ1) is 9.46. The summed E-state index contributed by atoms with van der Waals surface area (Å²) in [5, 5.41) is 0. The Labute approximate surface area is 135 Å². The van der Waals surface area contributed by atoms with E-state index in [9.17, 15) is 4.21 Å². The Balaban J connectivity index is 4.61. The van der Waals surface area contributed by atoms with Gasteiger partial charge in [-0.15, -0.1) is 0 Å². The average molecular weight is 334 g/mol. The van der Waals surface area contributed by atoms with Crippen LogP contribution >= 0.6 is 0 Å². The molecule has 0 bridgehead atoms. The van der Waals surface area contributed by atoms with Crippen LogP contribution in [0.5, 0.6) is 0 Å². The highest BCUT2D eigenvalue weighted by molar-refractivity contribution is 7.85. The molecule has 0 rings (SSSR count). The molecule has 0 aromatic carbocycles. The third kappa shape index (κ3) is 5.95. The molecule has 0 aromatic heterocycles. The van der Waals surface area contributed by atoms with E-state index in [0.29, 0.717) is 23.2 Å². The van der Waals surface area contributed by atoms with E-state index in [1.807, 2.05) is 20.8 Å². The smallest absolute Gasteiger partial charge is 0.200 e. The molecule has 0 radical (unpaired) electrons. The third-order valence-corrected chi connectivity index (χ3v) is 11.5. The van der Waals surface area contributed by atoms with Gasteiger partial charge in [0.2, 0.25) is 0 Å². The summed E-state index contributed by atoms with van der Waals surface area (Å²) in [6, 6.07) is 0. The Morgan fingerprint density at radius 3 is 1.81 bits per heavy atom. The Hall–Kier alpha value is -0.00312. The fourth-order valence-electron chi connectivity index (χ4n) is 3.07. The monoisotopic (exact) mass is 333 g/mol. The van der Waals surface area contributed by atoms with Crippen molar-refractivity contribution in [2.24, 2.45) is 4.40 Å². The largest absolute Gasteiger partial charge is 0.416 e. The topological polar surface area (TPSA) is 38.7 Å². The molecule has 5 heteroatoms. The van der Waals surface area contributed by atoms with E-state index in [1.165, 1.54) is 0 Å². The molecule has 0 aliphatic rings. The van der Waals surface area contributed by atoms with Crippen LogP contribution in [-0.2, 0) is 15.4 Å². The molecule has 0 saturated carbocycles. The molecule has 0 aromatic rings. The Bertz CT molecular complexity index is 338. The highest BCUT2D eigenvalue weighted by Gasteiger charge is 2.44. The van der Waals surface area contributed by atoms with Crippen molar-refractivity contribution in [1.29, 1.82) is 0 Å². The molecule has 0 amide bonds. The highest BCUT2D eigenvalue weighted by Crippen LogP contribution is 2.42. The average Bonchev–Trinajstić information content (AvgIpc) is 2.30. The van der Waals surface area contributed by atoms with Gasteiger partial charge in [-0.2, -0.15) is 4.40 Å². The molecule has 126 valence electrons. The molecule has 0 aliphatic carbocycles. The number of nitrogens with zero attached hydrogens (tertiary/aromatic N) is 1. The zero-order chi connectivity index (χ0) is 16.8. The van der Waals surface area contributed by atoms with Crippen molar-refractivity contribution in [3.63, 3.8) is 0 Å². The Kier molecular flexibility index (Phi) is 8.58. The Morgan fingerprint density at radius 2 is 1.48 bits per heavy atom. The van der Waals surface area contributed by atoms with Gasteiger partial charge in [0.05, 0.1) is 4.75 Å². The minimum atomic E-state index is -1.78. The van der Waals surface area contributed by atoms with Gasteiger partial charge in [-0.25, -0.2) is 4.21 Å². The van der Waals surface area contributed by atoms with E-state index in [2.05, 4.69) is 45.9 Å². The van der Waals surface area contributed by atoms with Gasteiger partial charge in [0.1, 0.15) is 11.0 Å². The molecule has 0 heterocycles. The second-order valence-electron chi connectivity index (χ2n) is 7.60. The summed E-state index contributed by atoms with van der Waals surface area (Å²) < 4.78 is 22.1. The van der Waals surface area contributed by atoms with Crippen LogP contribution in [0.4, 0.5) is 0 Å². The molecular formula is C16H35NO2SSi. The van der Waals surface area contributed by atoms with Gasteiger partial charge in [-0.05, 0) is 37.4 Å². The summed E-state index contributed by atoms with van der Waals surface area (Å²) >= 11 is 0. The maximum absolute atomic E-state index is 11.8. The fraction of sp³-hybridized carbons (Fsp3) is 0.938. The molecule has 0 saturated heterocycles. The number of rotatable bonds is 8. The molecule has 3 nitrogen and oxygen atoms in total. The summed E-state index contributed by atoms with van der Waals surface area (Å²) in [6.07, 6.45) is 2.50. The maximum atomic E-state index is 11.8. The first-order valence-corrected chi connectivity index (χ1v) is 11.3. The second kappa shape index (κ2) is 8.58. The van der Waals surface area contributed by atoms with E-state index in [0.717, 1.165) is 6.42 Å². The van der Waals surface area contributed by atoms with Crippen LogP contribution < -0.4 is 0 Å². The van der Waals surface area contributed by atoms with E-state index >= 15 is 0 Å². The normalized spacial score (nSPS) is 15.6. The lowest BCUT2D eigenvalue weighted by molar-refractivity contribution is 0.288. The molecule has 0 fully saturated rings. The SMILES string of the molecule is CC(C)[Si](OCC/C=N\[S@@](=O)C(C)(C)C)(C(C)C)C(C)C.